The average molecular weight is 310 g/mol. The van der Waals surface area contributed by atoms with Crippen LogP contribution >= 0.6 is 38.9 Å². The highest BCUT2D eigenvalue weighted by Crippen LogP contribution is 2.26. The van der Waals surface area contributed by atoms with Gasteiger partial charge in [-0.3, -0.25) is 4.79 Å². The molecule has 0 spiro atoms. The van der Waals surface area contributed by atoms with Crippen LogP contribution in [-0.2, 0) is 0 Å². The van der Waals surface area contributed by atoms with Crippen molar-refractivity contribution in [2.45, 2.75) is 12.3 Å². The second kappa shape index (κ2) is 4.39. The lowest BCUT2D eigenvalue weighted by molar-refractivity contribution is 0.0782. The molecule has 1 fully saturated rings. The largest absolute Gasteiger partial charge is 0.335 e. The number of carbonyl (C=O) groups is 1. The summed E-state index contributed by atoms with van der Waals surface area (Å²) in [5, 5.41) is 0.0614. The molecule has 0 aliphatic carbocycles. The molecular weight excluding hydrogens is 300 g/mol. The highest BCUT2D eigenvalue weighted by Gasteiger charge is 2.32. The van der Waals surface area contributed by atoms with Crippen molar-refractivity contribution in [2.24, 2.45) is 5.92 Å². The Kier molecular flexibility index (Phi) is 3.33. The van der Waals surface area contributed by atoms with E-state index in [0.29, 0.717) is 18.2 Å². The zero-order valence-electron chi connectivity index (χ0n) is 8.11. The highest BCUT2D eigenvalue weighted by molar-refractivity contribution is 9.11. The molecule has 0 bridgehead atoms. The Labute approximate surface area is 106 Å². The van der Waals surface area contributed by atoms with Gasteiger partial charge in [0.15, 0.2) is 5.69 Å². The molecule has 6 heteroatoms. The fourth-order valence-corrected chi connectivity index (χ4v) is 2.89. The molecule has 2 rings (SSSR count). The number of carbonyl (C=O) groups excluding carboxylic acids is 1. The van der Waals surface area contributed by atoms with Crippen LogP contribution in [0.1, 0.15) is 17.4 Å². The molecule has 2 unspecified atom stereocenters. The van der Waals surface area contributed by atoms with E-state index in [1.54, 1.807) is 10.4 Å². The number of hydrogen-bond acceptors (Lipinski definition) is 3. The normalized spacial score (nSPS) is 25.9. The smallest absolute Gasteiger partial charge is 0.274 e. The number of thiazole rings is 1. The summed E-state index contributed by atoms with van der Waals surface area (Å²) in [5.74, 6) is 0.325. The summed E-state index contributed by atoms with van der Waals surface area (Å²) in [5.41, 5.74) is 2.16. The standard InChI is InChI=1S/C9H10BrClN2OS/c1-5-2-13(3-6(5)11)9(14)7-8(10)15-4-12-7/h4-6H,2-3H2,1H3. The van der Waals surface area contributed by atoms with Gasteiger partial charge in [-0.25, -0.2) is 4.98 Å². The van der Waals surface area contributed by atoms with Gasteiger partial charge in [0, 0.05) is 13.1 Å². The summed E-state index contributed by atoms with van der Waals surface area (Å²) in [6.45, 7) is 3.39. The van der Waals surface area contributed by atoms with Crippen molar-refractivity contribution in [1.82, 2.24) is 9.88 Å². The van der Waals surface area contributed by atoms with Crippen molar-refractivity contribution in [3.05, 3.63) is 15.0 Å². The van der Waals surface area contributed by atoms with Gasteiger partial charge in [-0.1, -0.05) is 6.92 Å². The van der Waals surface area contributed by atoms with Gasteiger partial charge in [0.1, 0.15) is 3.79 Å². The molecule has 82 valence electrons. The first kappa shape index (κ1) is 11.4. The number of aromatic nitrogens is 1. The Morgan fingerprint density at radius 1 is 1.73 bits per heavy atom. The third-order valence-electron chi connectivity index (χ3n) is 2.53. The number of alkyl halides is 1. The minimum absolute atomic E-state index is 0.0295. The summed E-state index contributed by atoms with van der Waals surface area (Å²) in [6, 6.07) is 0. The molecule has 1 aliphatic rings. The van der Waals surface area contributed by atoms with E-state index in [0.717, 1.165) is 10.3 Å². The monoisotopic (exact) mass is 308 g/mol. The molecule has 2 heterocycles. The number of halogens is 2. The third-order valence-corrected chi connectivity index (χ3v) is 4.65. The first-order valence-electron chi connectivity index (χ1n) is 4.62. The van der Waals surface area contributed by atoms with E-state index in [2.05, 4.69) is 27.8 Å². The predicted molar refractivity (Wildman–Crippen MR) is 64.5 cm³/mol. The first-order valence-corrected chi connectivity index (χ1v) is 6.73. The van der Waals surface area contributed by atoms with Gasteiger partial charge in [0.2, 0.25) is 0 Å². The van der Waals surface area contributed by atoms with Gasteiger partial charge in [0.25, 0.3) is 5.91 Å². The van der Waals surface area contributed by atoms with Crippen LogP contribution in [0, 0.1) is 5.92 Å². The summed E-state index contributed by atoms with van der Waals surface area (Å²) in [7, 11) is 0. The molecule has 0 N–H and O–H groups in total. The molecule has 1 aromatic heterocycles. The van der Waals surface area contributed by atoms with Crippen LogP contribution in [0.5, 0.6) is 0 Å². The second-order valence-electron chi connectivity index (χ2n) is 3.68. The van der Waals surface area contributed by atoms with Crippen LogP contribution in [0.4, 0.5) is 0 Å². The van der Waals surface area contributed by atoms with Crippen LogP contribution in [-0.4, -0.2) is 34.3 Å². The number of amides is 1. The van der Waals surface area contributed by atoms with Gasteiger partial charge >= 0.3 is 0 Å². The number of likely N-dealkylation sites (tertiary alicyclic amines) is 1. The first-order chi connectivity index (χ1) is 7.09. The minimum Gasteiger partial charge on any atom is -0.335 e. The molecule has 1 saturated heterocycles. The van der Waals surface area contributed by atoms with E-state index in [-0.39, 0.29) is 11.3 Å². The predicted octanol–water partition coefficient (Wildman–Crippen LogP) is 2.60. The van der Waals surface area contributed by atoms with E-state index in [9.17, 15) is 4.79 Å². The Morgan fingerprint density at radius 2 is 2.47 bits per heavy atom. The summed E-state index contributed by atoms with van der Waals surface area (Å²) < 4.78 is 0.790. The molecule has 15 heavy (non-hydrogen) atoms. The number of nitrogens with zero attached hydrogens (tertiary/aromatic N) is 2. The molecule has 1 aliphatic heterocycles. The lowest BCUT2D eigenvalue weighted by Gasteiger charge is -2.14. The summed E-state index contributed by atoms with van der Waals surface area (Å²) >= 11 is 10.8. The lowest BCUT2D eigenvalue weighted by atomic mass is 10.2. The molecule has 1 aromatic rings. The van der Waals surface area contributed by atoms with Crippen molar-refractivity contribution < 1.29 is 4.79 Å². The van der Waals surface area contributed by atoms with Gasteiger partial charge in [0.05, 0.1) is 10.9 Å². The SMILES string of the molecule is CC1CN(C(=O)c2ncsc2Br)CC1Cl. The van der Waals surface area contributed by atoms with Crippen molar-refractivity contribution in [3.63, 3.8) is 0 Å². The van der Waals surface area contributed by atoms with Crippen molar-refractivity contribution in [2.75, 3.05) is 13.1 Å². The maximum atomic E-state index is 12.0. The van der Waals surface area contributed by atoms with Gasteiger partial charge < -0.3 is 4.90 Å². The van der Waals surface area contributed by atoms with E-state index in [1.807, 2.05) is 0 Å². The van der Waals surface area contributed by atoms with E-state index >= 15 is 0 Å². The number of rotatable bonds is 1. The Bertz CT molecular complexity index is 374. The summed E-state index contributed by atoms with van der Waals surface area (Å²) in [6.07, 6.45) is 0. The Morgan fingerprint density at radius 3 is 2.93 bits per heavy atom. The average Bonchev–Trinajstić information content (AvgIpc) is 2.74. The molecule has 0 saturated carbocycles. The topological polar surface area (TPSA) is 33.2 Å². The fraction of sp³-hybridized carbons (Fsp3) is 0.556. The lowest BCUT2D eigenvalue weighted by Crippen LogP contribution is -2.29. The third kappa shape index (κ3) is 2.19. The van der Waals surface area contributed by atoms with Crippen LogP contribution in [0.25, 0.3) is 0 Å². The Balaban J connectivity index is 2.13. The molecule has 2 atom stereocenters. The van der Waals surface area contributed by atoms with Crippen LogP contribution < -0.4 is 0 Å². The van der Waals surface area contributed by atoms with Gasteiger partial charge in [-0.15, -0.1) is 22.9 Å². The van der Waals surface area contributed by atoms with Crippen LogP contribution in [0.2, 0.25) is 0 Å². The van der Waals surface area contributed by atoms with Crippen LogP contribution in [0.15, 0.2) is 9.30 Å². The zero-order chi connectivity index (χ0) is 11.0. The highest BCUT2D eigenvalue weighted by atomic mass is 79.9. The second-order valence-corrected chi connectivity index (χ2v) is 6.41. The fourth-order valence-electron chi connectivity index (χ4n) is 1.61. The zero-order valence-corrected chi connectivity index (χ0v) is 11.3. The van der Waals surface area contributed by atoms with Crippen molar-refractivity contribution in [3.8, 4) is 0 Å². The molecule has 0 aromatic carbocycles. The quantitative estimate of drug-likeness (QED) is 0.747. The maximum Gasteiger partial charge on any atom is 0.274 e. The van der Waals surface area contributed by atoms with Crippen molar-refractivity contribution >= 4 is 44.8 Å². The van der Waals surface area contributed by atoms with Crippen molar-refractivity contribution in [1.29, 1.82) is 0 Å². The van der Waals surface area contributed by atoms with E-state index in [4.69, 9.17) is 11.6 Å². The number of hydrogen-bond donors (Lipinski definition) is 0. The van der Waals surface area contributed by atoms with E-state index < -0.39 is 0 Å². The molecular formula is C9H10BrClN2OS. The maximum absolute atomic E-state index is 12.0. The van der Waals surface area contributed by atoms with Crippen LogP contribution in [0.3, 0.4) is 0 Å². The summed E-state index contributed by atoms with van der Waals surface area (Å²) in [4.78, 5) is 17.8. The Hall–Kier alpha value is -0.130. The van der Waals surface area contributed by atoms with E-state index in [1.165, 1.54) is 11.3 Å². The van der Waals surface area contributed by atoms with Gasteiger partial charge in [-0.05, 0) is 21.8 Å². The molecule has 1 amide bonds. The minimum atomic E-state index is -0.0295. The molecule has 3 nitrogen and oxygen atoms in total. The molecule has 0 radical (unpaired) electrons. The van der Waals surface area contributed by atoms with Gasteiger partial charge in [-0.2, -0.15) is 0 Å².